The van der Waals surface area contributed by atoms with Gasteiger partial charge in [-0.3, -0.25) is 4.79 Å². The van der Waals surface area contributed by atoms with Gasteiger partial charge in [0.05, 0.1) is 18.2 Å². The van der Waals surface area contributed by atoms with E-state index < -0.39 is 0 Å². The molecular weight excluding hydrogens is 426 g/mol. The zero-order valence-electron chi connectivity index (χ0n) is 17.5. The second kappa shape index (κ2) is 9.54. The zero-order valence-corrected chi connectivity index (χ0v) is 19.1. The molecule has 1 unspecified atom stereocenters. The van der Waals surface area contributed by atoms with E-state index >= 15 is 0 Å². The van der Waals surface area contributed by atoms with E-state index in [2.05, 4.69) is 12.1 Å². The normalized spacial score (nSPS) is 12.0. The highest BCUT2D eigenvalue weighted by Crippen LogP contribution is 2.38. The molecule has 3 aromatic carbocycles. The Morgan fingerprint density at radius 3 is 2.32 bits per heavy atom. The summed E-state index contributed by atoms with van der Waals surface area (Å²) in [5, 5.41) is 1.47. The Hall–Kier alpha value is -2.82. The summed E-state index contributed by atoms with van der Waals surface area (Å²) in [6, 6.07) is 26.0. The summed E-state index contributed by atoms with van der Waals surface area (Å²) in [6.45, 7) is 2.59. The minimum atomic E-state index is -0.118. The number of ether oxygens (including phenoxy) is 1. The molecule has 31 heavy (non-hydrogen) atoms. The summed E-state index contributed by atoms with van der Waals surface area (Å²) in [6.07, 6.45) is 0.718. The predicted molar refractivity (Wildman–Crippen MR) is 129 cm³/mol. The van der Waals surface area contributed by atoms with Crippen molar-refractivity contribution in [3.63, 3.8) is 0 Å². The minimum absolute atomic E-state index is 0.0366. The van der Waals surface area contributed by atoms with Gasteiger partial charge in [-0.05, 0) is 42.7 Å². The molecule has 1 amide bonds. The maximum atomic E-state index is 13.7. The Balaban J connectivity index is 1.74. The van der Waals surface area contributed by atoms with Crippen LogP contribution < -0.4 is 4.74 Å². The van der Waals surface area contributed by atoms with E-state index in [0.29, 0.717) is 16.4 Å². The van der Waals surface area contributed by atoms with Crippen molar-refractivity contribution in [2.24, 2.45) is 0 Å². The largest absolute Gasteiger partial charge is 0.497 e. The van der Waals surface area contributed by atoms with Crippen LogP contribution in [0.2, 0.25) is 5.02 Å². The molecule has 0 saturated heterocycles. The van der Waals surface area contributed by atoms with Crippen LogP contribution in [0.1, 0.15) is 33.8 Å². The van der Waals surface area contributed by atoms with Crippen molar-refractivity contribution < 1.29 is 9.53 Å². The Morgan fingerprint density at radius 1 is 1.00 bits per heavy atom. The molecule has 0 N–H and O–H groups in total. The maximum Gasteiger partial charge on any atom is 0.266 e. The number of amides is 1. The smallest absolute Gasteiger partial charge is 0.266 e. The number of carbonyl (C=O) groups excluding carboxylic acids is 1. The third-order valence-electron chi connectivity index (χ3n) is 5.48. The van der Waals surface area contributed by atoms with Crippen LogP contribution in [0.3, 0.4) is 0 Å². The average molecular weight is 450 g/mol. The van der Waals surface area contributed by atoms with Crippen LogP contribution in [0.25, 0.3) is 10.1 Å². The Labute approximate surface area is 191 Å². The SMILES string of the molecule is CCN(C(=O)c1sc2ccccc2c1Cl)C(Cc1ccccc1)c1ccc(OC)cc1. The van der Waals surface area contributed by atoms with Crippen molar-refractivity contribution in [2.45, 2.75) is 19.4 Å². The lowest BCUT2D eigenvalue weighted by molar-refractivity contribution is 0.0692. The molecule has 0 aliphatic rings. The fourth-order valence-corrected chi connectivity index (χ4v) is 5.33. The van der Waals surface area contributed by atoms with Crippen molar-refractivity contribution in [3.8, 4) is 5.75 Å². The Morgan fingerprint density at radius 2 is 1.68 bits per heavy atom. The number of fused-ring (bicyclic) bond motifs is 1. The summed E-state index contributed by atoms with van der Waals surface area (Å²) >= 11 is 8.11. The fraction of sp³-hybridized carbons (Fsp3) is 0.192. The molecule has 0 radical (unpaired) electrons. The lowest BCUT2D eigenvalue weighted by Gasteiger charge is -2.31. The van der Waals surface area contributed by atoms with Crippen LogP contribution in [-0.4, -0.2) is 24.5 Å². The Kier molecular flexibility index (Phi) is 6.59. The second-order valence-corrected chi connectivity index (χ2v) is 8.74. The molecule has 1 aromatic heterocycles. The molecule has 4 aromatic rings. The van der Waals surface area contributed by atoms with Crippen LogP contribution in [-0.2, 0) is 6.42 Å². The second-order valence-electron chi connectivity index (χ2n) is 7.31. The number of nitrogens with zero attached hydrogens (tertiary/aromatic N) is 1. The van der Waals surface area contributed by atoms with E-state index in [9.17, 15) is 4.79 Å². The summed E-state index contributed by atoms with van der Waals surface area (Å²) in [5.41, 5.74) is 2.24. The molecule has 1 atom stereocenters. The van der Waals surface area contributed by atoms with Crippen molar-refractivity contribution in [1.29, 1.82) is 0 Å². The van der Waals surface area contributed by atoms with Gasteiger partial charge in [0.2, 0.25) is 0 Å². The third kappa shape index (κ3) is 4.46. The van der Waals surface area contributed by atoms with Gasteiger partial charge in [-0.1, -0.05) is 72.3 Å². The third-order valence-corrected chi connectivity index (χ3v) is 7.14. The maximum absolute atomic E-state index is 13.7. The van der Waals surface area contributed by atoms with Gasteiger partial charge in [-0.15, -0.1) is 11.3 Å². The first-order valence-electron chi connectivity index (χ1n) is 10.3. The quantitative estimate of drug-likeness (QED) is 0.303. The number of hydrogen-bond acceptors (Lipinski definition) is 3. The molecular formula is C26H24ClNO2S. The van der Waals surface area contributed by atoms with E-state index in [1.165, 1.54) is 16.9 Å². The summed E-state index contributed by atoms with van der Waals surface area (Å²) < 4.78 is 6.35. The van der Waals surface area contributed by atoms with Gasteiger partial charge in [-0.25, -0.2) is 0 Å². The van der Waals surface area contributed by atoms with Gasteiger partial charge >= 0.3 is 0 Å². The fourth-order valence-electron chi connectivity index (χ4n) is 3.86. The first-order valence-corrected chi connectivity index (χ1v) is 11.5. The molecule has 158 valence electrons. The number of likely N-dealkylation sites (N-methyl/N-ethyl adjacent to an activating group) is 1. The predicted octanol–water partition coefficient (Wildman–Crippen LogP) is 7.01. The standard InChI is InChI=1S/C26H24ClNO2S/c1-3-28(26(29)25-24(27)21-11-7-8-12-23(21)31-25)22(17-18-9-5-4-6-10-18)19-13-15-20(30-2)16-14-19/h4-16,22H,3,17H2,1-2H3. The first-order chi connectivity index (χ1) is 15.1. The average Bonchev–Trinajstić information content (AvgIpc) is 3.16. The lowest BCUT2D eigenvalue weighted by atomic mass is 9.97. The highest BCUT2D eigenvalue weighted by molar-refractivity contribution is 7.21. The van der Waals surface area contributed by atoms with E-state index in [-0.39, 0.29) is 11.9 Å². The molecule has 0 spiro atoms. The van der Waals surface area contributed by atoms with Crippen molar-refractivity contribution in [2.75, 3.05) is 13.7 Å². The van der Waals surface area contributed by atoms with Crippen molar-refractivity contribution in [1.82, 2.24) is 4.90 Å². The monoisotopic (exact) mass is 449 g/mol. The van der Waals surface area contributed by atoms with Crippen LogP contribution >= 0.6 is 22.9 Å². The number of carbonyl (C=O) groups is 1. The summed E-state index contributed by atoms with van der Waals surface area (Å²) in [7, 11) is 1.65. The first kappa shape index (κ1) is 21.4. The molecule has 4 rings (SSSR count). The number of methoxy groups -OCH3 is 1. The lowest BCUT2D eigenvalue weighted by Crippen LogP contribution is -2.35. The van der Waals surface area contributed by atoms with Gasteiger partial charge in [0.15, 0.2) is 0 Å². The van der Waals surface area contributed by atoms with Gasteiger partial charge in [-0.2, -0.15) is 0 Å². The molecule has 3 nitrogen and oxygen atoms in total. The van der Waals surface area contributed by atoms with Gasteiger partial charge in [0.1, 0.15) is 10.6 Å². The molecule has 0 aliphatic heterocycles. The summed E-state index contributed by atoms with van der Waals surface area (Å²) in [5.74, 6) is 0.759. The van der Waals surface area contributed by atoms with Crippen LogP contribution in [0.5, 0.6) is 5.75 Å². The van der Waals surface area contributed by atoms with Crippen molar-refractivity contribution in [3.05, 3.63) is 99.9 Å². The highest BCUT2D eigenvalue weighted by Gasteiger charge is 2.28. The molecule has 1 heterocycles. The van der Waals surface area contributed by atoms with Crippen LogP contribution in [0.15, 0.2) is 78.9 Å². The van der Waals surface area contributed by atoms with E-state index in [4.69, 9.17) is 16.3 Å². The molecule has 0 aliphatic carbocycles. The van der Waals surface area contributed by atoms with Gasteiger partial charge in [0, 0.05) is 16.6 Å². The number of halogens is 1. The van der Waals surface area contributed by atoms with Crippen LogP contribution in [0, 0.1) is 0 Å². The zero-order chi connectivity index (χ0) is 21.8. The van der Waals surface area contributed by atoms with Gasteiger partial charge < -0.3 is 9.64 Å². The molecule has 0 bridgehead atoms. The van der Waals surface area contributed by atoms with Crippen molar-refractivity contribution >= 4 is 38.9 Å². The number of hydrogen-bond donors (Lipinski definition) is 0. The number of benzene rings is 3. The van der Waals surface area contributed by atoms with E-state index in [1.807, 2.05) is 78.6 Å². The number of rotatable bonds is 7. The Bertz CT molecular complexity index is 1170. The highest BCUT2D eigenvalue weighted by atomic mass is 35.5. The molecule has 0 saturated carbocycles. The summed E-state index contributed by atoms with van der Waals surface area (Å²) in [4.78, 5) is 16.2. The topological polar surface area (TPSA) is 29.5 Å². The number of thiophene rings is 1. The van der Waals surface area contributed by atoms with Crippen LogP contribution in [0.4, 0.5) is 0 Å². The molecule has 5 heteroatoms. The van der Waals surface area contributed by atoms with E-state index in [1.54, 1.807) is 7.11 Å². The van der Waals surface area contributed by atoms with Gasteiger partial charge in [0.25, 0.3) is 5.91 Å². The minimum Gasteiger partial charge on any atom is -0.497 e. The molecule has 0 fully saturated rings. The van der Waals surface area contributed by atoms with E-state index in [0.717, 1.165) is 27.8 Å².